The number of anilines is 2. The first kappa shape index (κ1) is 17.7. The highest BCUT2D eigenvalue weighted by molar-refractivity contribution is 6.39. The zero-order valence-corrected chi connectivity index (χ0v) is 13.3. The van der Waals surface area contributed by atoms with Gasteiger partial charge in [0.15, 0.2) is 0 Å². The average molecular weight is 340 g/mol. The normalized spacial score (nSPS) is 10.3. The Labute approximate surface area is 143 Å². The number of rotatable bonds is 4. The summed E-state index contributed by atoms with van der Waals surface area (Å²) in [5, 5.41) is 17.8. The average Bonchev–Trinajstić information content (AvgIpc) is 2.58. The molecule has 0 atom stereocenters. The van der Waals surface area contributed by atoms with Crippen LogP contribution in [-0.4, -0.2) is 29.0 Å². The molecule has 2 aromatic rings. The second-order valence-electron chi connectivity index (χ2n) is 5.00. The Balaban J connectivity index is 1.86. The van der Waals surface area contributed by atoms with E-state index in [0.717, 1.165) is 0 Å². The summed E-state index contributed by atoms with van der Waals surface area (Å²) >= 11 is 0. The van der Waals surface area contributed by atoms with Gasteiger partial charge in [0.1, 0.15) is 5.75 Å². The van der Waals surface area contributed by atoms with Crippen molar-refractivity contribution in [2.75, 3.05) is 10.6 Å². The van der Waals surface area contributed by atoms with Crippen LogP contribution in [0.4, 0.5) is 11.4 Å². The van der Waals surface area contributed by atoms with Crippen molar-refractivity contribution in [1.82, 2.24) is 5.43 Å². The second-order valence-corrected chi connectivity index (χ2v) is 5.00. The maximum atomic E-state index is 11.8. The van der Waals surface area contributed by atoms with Gasteiger partial charge in [-0.25, -0.2) is 5.43 Å². The van der Waals surface area contributed by atoms with Gasteiger partial charge in [-0.3, -0.25) is 14.4 Å². The number of benzene rings is 2. The lowest BCUT2D eigenvalue weighted by Crippen LogP contribution is -2.32. The summed E-state index contributed by atoms with van der Waals surface area (Å²) in [5.41, 5.74) is 3.72. The fourth-order valence-electron chi connectivity index (χ4n) is 1.80. The van der Waals surface area contributed by atoms with Gasteiger partial charge in [-0.05, 0) is 54.1 Å². The number of nitrogens with one attached hydrogen (secondary N) is 3. The number of phenolic OH excluding ortho intramolecular Hbond substituents is 1. The number of aromatic hydroxyl groups is 1. The van der Waals surface area contributed by atoms with Crippen LogP contribution in [0.15, 0.2) is 53.6 Å². The van der Waals surface area contributed by atoms with E-state index in [1.54, 1.807) is 36.4 Å². The van der Waals surface area contributed by atoms with Crippen molar-refractivity contribution in [3.05, 3.63) is 54.1 Å². The van der Waals surface area contributed by atoms with Crippen LogP contribution in [0.3, 0.4) is 0 Å². The van der Waals surface area contributed by atoms with Crippen LogP contribution in [0, 0.1) is 0 Å². The van der Waals surface area contributed by atoms with Crippen LogP contribution >= 0.6 is 0 Å². The molecule has 2 rings (SSSR count). The van der Waals surface area contributed by atoms with Gasteiger partial charge in [0.25, 0.3) is 0 Å². The standard InChI is InChI=1S/C17H16N4O4/c1-11(22)19-13-4-6-14(7-5-13)20-16(24)17(25)21-18-10-12-2-8-15(23)9-3-12/h2-10,23H,1H3,(H,19,22)(H,20,24)(H,21,25). The number of phenols is 1. The molecule has 0 saturated carbocycles. The Hall–Kier alpha value is -3.68. The smallest absolute Gasteiger partial charge is 0.329 e. The Morgan fingerprint density at radius 2 is 1.44 bits per heavy atom. The molecular weight excluding hydrogens is 324 g/mol. The first-order chi connectivity index (χ1) is 11.9. The van der Waals surface area contributed by atoms with E-state index in [0.29, 0.717) is 16.9 Å². The first-order valence-corrected chi connectivity index (χ1v) is 7.25. The largest absolute Gasteiger partial charge is 0.508 e. The summed E-state index contributed by atoms with van der Waals surface area (Å²) in [7, 11) is 0. The Kier molecular flexibility index (Phi) is 5.83. The highest BCUT2D eigenvalue weighted by Crippen LogP contribution is 2.13. The van der Waals surface area contributed by atoms with E-state index in [2.05, 4.69) is 21.2 Å². The summed E-state index contributed by atoms with van der Waals surface area (Å²) in [4.78, 5) is 34.4. The van der Waals surface area contributed by atoms with Crippen LogP contribution in [0.1, 0.15) is 12.5 Å². The first-order valence-electron chi connectivity index (χ1n) is 7.25. The van der Waals surface area contributed by atoms with Gasteiger partial charge in [-0.1, -0.05) is 0 Å². The fraction of sp³-hybridized carbons (Fsp3) is 0.0588. The summed E-state index contributed by atoms with van der Waals surface area (Å²) in [5.74, 6) is -1.90. The number of nitrogens with zero attached hydrogens (tertiary/aromatic N) is 1. The molecule has 8 nitrogen and oxygen atoms in total. The summed E-state index contributed by atoms with van der Waals surface area (Å²) < 4.78 is 0. The molecule has 0 saturated heterocycles. The Bertz CT molecular complexity index is 798. The van der Waals surface area contributed by atoms with E-state index in [4.69, 9.17) is 5.11 Å². The highest BCUT2D eigenvalue weighted by Gasteiger charge is 2.12. The van der Waals surface area contributed by atoms with Crippen LogP contribution in [0.2, 0.25) is 0 Å². The highest BCUT2D eigenvalue weighted by atomic mass is 16.3. The zero-order valence-electron chi connectivity index (χ0n) is 13.3. The second kappa shape index (κ2) is 8.25. The number of amides is 3. The summed E-state index contributed by atoms with van der Waals surface area (Å²) in [6.45, 7) is 1.39. The Morgan fingerprint density at radius 1 is 0.880 bits per heavy atom. The van der Waals surface area contributed by atoms with Gasteiger partial charge in [-0.15, -0.1) is 0 Å². The van der Waals surface area contributed by atoms with E-state index in [9.17, 15) is 14.4 Å². The lowest BCUT2D eigenvalue weighted by Gasteiger charge is -2.06. The molecule has 0 aliphatic rings. The van der Waals surface area contributed by atoms with Crippen molar-refractivity contribution in [2.24, 2.45) is 5.10 Å². The van der Waals surface area contributed by atoms with E-state index < -0.39 is 11.8 Å². The molecule has 0 fully saturated rings. The lowest BCUT2D eigenvalue weighted by atomic mass is 10.2. The summed E-state index contributed by atoms with van der Waals surface area (Å²) in [6.07, 6.45) is 1.34. The van der Waals surface area contributed by atoms with Crippen molar-refractivity contribution in [2.45, 2.75) is 6.92 Å². The van der Waals surface area contributed by atoms with Crippen LogP contribution in [0.25, 0.3) is 0 Å². The third-order valence-corrected chi connectivity index (χ3v) is 2.94. The number of hydrazone groups is 1. The van der Waals surface area contributed by atoms with Crippen LogP contribution in [0.5, 0.6) is 5.75 Å². The fourth-order valence-corrected chi connectivity index (χ4v) is 1.80. The molecule has 0 heterocycles. The topological polar surface area (TPSA) is 120 Å². The number of carbonyl (C=O) groups excluding carboxylic acids is 3. The molecule has 0 aromatic heterocycles. The number of carbonyl (C=O) groups is 3. The molecule has 0 bridgehead atoms. The van der Waals surface area contributed by atoms with E-state index in [1.165, 1.54) is 25.3 Å². The molecule has 4 N–H and O–H groups in total. The minimum absolute atomic E-state index is 0.116. The van der Waals surface area contributed by atoms with Crippen LogP contribution < -0.4 is 16.1 Å². The minimum atomic E-state index is -0.930. The monoisotopic (exact) mass is 340 g/mol. The molecule has 0 aliphatic carbocycles. The summed E-state index contributed by atoms with van der Waals surface area (Å²) in [6, 6.07) is 12.4. The van der Waals surface area contributed by atoms with Crippen molar-refractivity contribution in [3.63, 3.8) is 0 Å². The molecule has 128 valence electrons. The maximum Gasteiger partial charge on any atom is 0.329 e. The van der Waals surface area contributed by atoms with Gasteiger partial charge in [-0.2, -0.15) is 5.10 Å². The van der Waals surface area contributed by atoms with Crippen molar-refractivity contribution in [1.29, 1.82) is 0 Å². The molecule has 8 heteroatoms. The zero-order chi connectivity index (χ0) is 18.2. The van der Waals surface area contributed by atoms with Crippen molar-refractivity contribution in [3.8, 4) is 5.75 Å². The molecular formula is C17H16N4O4. The van der Waals surface area contributed by atoms with E-state index >= 15 is 0 Å². The molecule has 0 radical (unpaired) electrons. The quantitative estimate of drug-likeness (QED) is 0.382. The maximum absolute atomic E-state index is 11.8. The predicted octanol–water partition coefficient (Wildman–Crippen LogP) is 1.44. The molecule has 0 spiro atoms. The van der Waals surface area contributed by atoms with Gasteiger partial charge in [0.05, 0.1) is 6.21 Å². The predicted molar refractivity (Wildman–Crippen MR) is 93.2 cm³/mol. The molecule has 0 unspecified atom stereocenters. The lowest BCUT2D eigenvalue weighted by molar-refractivity contribution is -0.136. The third kappa shape index (κ3) is 5.79. The molecule has 3 amide bonds. The van der Waals surface area contributed by atoms with E-state index in [1.807, 2.05) is 0 Å². The minimum Gasteiger partial charge on any atom is -0.508 e. The number of hydrogen-bond acceptors (Lipinski definition) is 5. The van der Waals surface area contributed by atoms with Gasteiger partial charge >= 0.3 is 11.8 Å². The van der Waals surface area contributed by atoms with Gasteiger partial charge in [0, 0.05) is 18.3 Å². The molecule has 0 aliphatic heterocycles. The number of hydrogen-bond donors (Lipinski definition) is 4. The Morgan fingerprint density at radius 3 is 2.00 bits per heavy atom. The van der Waals surface area contributed by atoms with Crippen molar-refractivity contribution >= 4 is 35.3 Å². The van der Waals surface area contributed by atoms with Crippen molar-refractivity contribution < 1.29 is 19.5 Å². The SMILES string of the molecule is CC(=O)Nc1ccc(NC(=O)C(=O)NN=Cc2ccc(O)cc2)cc1. The molecule has 2 aromatic carbocycles. The van der Waals surface area contributed by atoms with Gasteiger partial charge in [0.2, 0.25) is 5.91 Å². The third-order valence-electron chi connectivity index (χ3n) is 2.94. The molecule has 25 heavy (non-hydrogen) atoms. The van der Waals surface area contributed by atoms with E-state index in [-0.39, 0.29) is 11.7 Å². The van der Waals surface area contributed by atoms with Gasteiger partial charge < -0.3 is 15.7 Å². The van der Waals surface area contributed by atoms with Crippen LogP contribution in [-0.2, 0) is 14.4 Å².